The Morgan fingerprint density at radius 1 is 1.25 bits per heavy atom. The number of rotatable bonds is 3. The highest BCUT2D eigenvalue weighted by molar-refractivity contribution is 5.95. The number of hydrogen-bond donors (Lipinski definition) is 2. The van der Waals surface area contributed by atoms with Crippen LogP contribution in [0.5, 0.6) is 0 Å². The molecule has 3 amide bonds. The lowest BCUT2D eigenvalue weighted by Gasteiger charge is -2.34. The van der Waals surface area contributed by atoms with E-state index in [0.717, 1.165) is 12.3 Å². The van der Waals surface area contributed by atoms with Gasteiger partial charge in [0.2, 0.25) is 11.9 Å². The normalized spacial score (nSPS) is 15.9. The number of hydrogen-bond acceptors (Lipinski definition) is 6. The summed E-state index contributed by atoms with van der Waals surface area (Å²) < 4.78 is 38.0. The average Bonchev–Trinajstić information content (AvgIpc) is 2.54. The van der Waals surface area contributed by atoms with Crippen molar-refractivity contribution in [1.82, 2.24) is 25.5 Å². The van der Waals surface area contributed by atoms with Crippen molar-refractivity contribution in [1.29, 1.82) is 0 Å². The molecule has 1 saturated heterocycles. The lowest BCUT2D eigenvalue weighted by molar-refractivity contribution is -0.141. The van der Waals surface area contributed by atoms with E-state index in [9.17, 15) is 22.8 Å². The number of alkyl halides is 3. The predicted octanol–water partition coefficient (Wildman–Crippen LogP) is 0.0730. The van der Waals surface area contributed by atoms with E-state index >= 15 is 0 Å². The smallest absolute Gasteiger partial charge is 0.341 e. The van der Waals surface area contributed by atoms with Crippen LogP contribution in [0.2, 0.25) is 0 Å². The molecule has 1 aliphatic rings. The van der Waals surface area contributed by atoms with E-state index in [-0.39, 0.29) is 12.5 Å². The van der Waals surface area contributed by atoms with Gasteiger partial charge in [-0.15, -0.1) is 0 Å². The molecule has 0 bridgehead atoms. The molecule has 0 atom stereocenters. The van der Waals surface area contributed by atoms with Gasteiger partial charge in [-0.3, -0.25) is 15.0 Å². The van der Waals surface area contributed by atoms with Crippen LogP contribution in [-0.4, -0.2) is 66.6 Å². The van der Waals surface area contributed by atoms with Gasteiger partial charge in [0.05, 0.1) is 6.54 Å². The third-order valence-corrected chi connectivity index (χ3v) is 3.44. The Morgan fingerprint density at radius 3 is 2.50 bits per heavy atom. The standard InChI is InChI=1S/C13H17F3N6O2/c1-17-12(24)20-10(23)8-21-4-6-22(7-5-21)11-18-3-2-9(19-11)13(14,15)16/h2-3H,4-8H2,1H3,(H2,17,20,23,24). The second-order valence-electron chi connectivity index (χ2n) is 5.13. The van der Waals surface area contributed by atoms with Gasteiger partial charge >= 0.3 is 12.2 Å². The van der Waals surface area contributed by atoms with Crippen LogP contribution in [0.25, 0.3) is 0 Å². The number of anilines is 1. The third-order valence-electron chi connectivity index (χ3n) is 3.44. The molecule has 2 rings (SSSR count). The highest BCUT2D eigenvalue weighted by Gasteiger charge is 2.33. The van der Waals surface area contributed by atoms with Gasteiger partial charge in [0.15, 0.2) is 0 Å². The molecular formula is C13H17F3N6O2. The minimum absolute atomic E-state index is 0.0132. The Balaban J connectivity index is 1.89. The van der Waals surface area contributed by atoms with Crippen molar-refractivity contribution in [3.63, 3.8) is 0 Å². The first-order chi connectivity index (χ1) is 11.3. The predicted molar refractivity (Wildman–Crippen MR) is 78.3 cm³/mol. The third kappa shape index (κ3) is 4.78. The Kier molecular flexibility index (Phi) is 5.54. The largest absolute Gasteiger partial charge is 0.433 e. The summed E-state index contributed by atoms with van der Waals surface area (Å²) >= 11 is 0. The van der Waals surface area contributed by atoms with Gasteiger partial charge in [0.25, 0.3) is 0 Å². The topological polar surface area (TPSA) is 90.5 Å². The zero-order chi connectivity index (χ0) is 17.7. The Hall–Kier alpha value is -2.43. The van der Waals surface area contributed by atoms with Crippen molar-refractivity contribution in [3.05, 3.63) is 18.0 Å². The number of amides is 3. The first-order valence-electron chi connectivity index (χ1n) is 7.18. The number of piperazine rings is 1. The number of carbonyl (C=O) groups excluding carboxylic acids is 2. The quantitative estimate of drug-likeness (QED) is 0.805. The SMILES string of the molecule is CNC(=O)NC(=O)CN1CCN(c2nccc(C(F)(F)F)n2)CC1. The summed E-state index contributed by atoms with van der Waals surface area (Å²) in [6.07, 6.45) is -3.44. The van der Waals surface area contributed by atoms with Gasteiger partial charge < -0.3 is 10.2 Å². The summed E-state index contributed by atoms with van der Waals surface area (Å²) in [6, 6.07) is 0.235. The maximum Gasteiger partial charge on any atom is 0.433 e. The maximum absolute atomic E-state index is 12.7. The molecule has 0 radical (unpaired) electrons. The Morgan fingerprint density at radius 2 is 1.92 bits per heavy atom. The molecule has 1 fully saturated rings. The highest BCUT2D eigenvalue weighted by Crippen LogP contribution is 2.28. The van der Waals surface area contributed by atoms with E-state index in [0.29, 0.717) is 26.2 Å². The number of aromatic nitrogens is 2. The minimum Gasteiger partial charge on any atom is -0.341 e. The van der Waals surface area contributed by atoms with Crippen LogP contribution in [0.1, 0.15) is 5.69 Å². The van der Waals surface area contributed by atoms with Gasteiger partial charge in [0.1, 0.15) is 5.69 Å². The fourth-order valence-corrected chi connectivity index (χ4v) is 2.20. The number of nitrogens with one attached hydrogen (secondary N) is 2. The van der Waals surface area contributed by atoms with Gasteiger partial charge in [-0.25, -0.2) is 14.8 Å². The molecule has 8 nitrogen and oxygen atoms in total. The van der Waals surface area contributed by atoms with E-state index in [1.807, 2.05) is 0 Å². The zero-order valence-electron chi connectivity index (χ0n) is 12.9. The van der Waals surface area contributed by atoms with Gasteiger partial charge in [0, 0.05) is 39.4 Å². The number of imide groups is 1. The van der Waals surface area contributed by atoms with Crippen molar-refractivity contribution in [2.75, 3.05) is 44.7 Å². The molecule has 0 aromatic carbocycles. The first-order valence-corrected chi connectivity index (χ1v) is 7.18. The molecule has 132 valence electrons. The van der Waals surface area contributed by atoms with E-state index in [1.54, 1.807) is 9.80 Å². The van der Waals surface area contributed by atoms with Crippen molar-refractivity contribution in [2.45, 2.75) is 6.18 Å². The zero-order valence-corrected chi connectivity index (χ0v) is 12.9. The van der Waals surface area contributed by atoms with E-state index in [4.69, 9.17) is 0 Å². The fourth-order valence-electron chi connectivity index (χ4n) is 2.20. The molecule has 2 heterocycles. The summed E-state index contributed by atoms with van der Waals surface area (Å²) in [5.41, 5.74) is -0.986. The fraction of sp³-hybridized carbons (Fsp3) is 0.538. The molecule has 0 spiro atoms. The van der Waals surface area contributed by atoms with Gasteiger partial charge in [-0.1, -0.05) is 0 Å². The minimum atomic E-state index is -4.52. The van der Waals surface area contributed by atoms with Crippen LogP contribution >= 0.6 is 0 Å². The van der Waals surface area contributed by atoms with Crippen LogP contribution < -0.4 is 15.5 Å². The molecule has 24 heavy (non-hydrogen) atoms. The van der Waals surface area contributed by atoms with E-state index in [2.05, 4.69) is 20.6 Å². The molecule has 0 unspecified atom stereocenters. The highest BCUT2D eigenvalue weighted by atomic mass is 19.4. The molecule has 0 aliphatic carbocycles. The molecule has 1 aromatic heterocycles. The lowest BCUT2D eigenvalue weighted by atomic mass is 10.3. The second kappa shape index (κ2) is 7.43. The number of carbonyl (C=O) groups is 2. The van der Waals surface area contributed by atoms with Crippen LogP contribution in [0.4, 0.5) is 23.9 Å². The number of urea groups is 1. The van der Waals surface area contributed by atoms with Crippen LogP contribution in [-0.2, 0) is 11.0 Å². The molecule has 1 aliphatic heterocycles. The Bertz CT molecular complexity index is 602. The van der Waals surface area contributed by atoms with Crippen molar-refractivity contribution < 1.29 is 22.8 Å². The molecular weight excluding hydrogens is 329 g/mol. The van der Waals surface area contributed by atoms with Crippen LogP contribution in [0, 0.1) is 0 Å². The molecule has 1 aromatic rings. The number of halogens is 3. The molecule has 0 saturated carbocycles. The summed E-state index contributed by atoms with van der Waals surface area (Å²) in [5.74, 6) is -0.433. The number of nitrogens with zero attached hydrogens (tertiary/aromatic N) is 4. The maximum atomic E-state index is 12.7. The van der Waals surface area contributed by atoms with Crippen molar-refractivity contribution >= 4 is 17.9 Å². The molecule has 2 N–H and O–H groups in total. The van der Waals surface area contributed by atoms with Gasteiger partial charge in [-0.05, 0) is 6.07 Å². The average molecular weight is 346 g/mol. The van der Waals surface area contributed by atoms with E-state index in [1.165, 1.54) is 7.05 Å². The summed E-state index contributed by atoms with van der Waals surface area (Å²) in [6.45, 7) is 1.69. The Labute approximate surface area is 136 Å². The van der Waals surface area contributed by atoms with Crippen LogP contribution in [0.3, 0.4) is 0 Å². The first kappa shape index (κ1) is 17.9. The second-order valence-corrected chi connectivity index (χ2v) is 5.13. The van der Waals surface area contributed by atoms with Crippen molar-refractivity contribution in [3.8, 4) is 0 Å². The lowest BCUT2D eigenvalue weighted by Crippen LogP contribution is -2.51. The summed E-state index contributed by atoms with van der Waals surface area (Å²) in [7, 11) is 1.40. The van der Waals surface area contributed by atoms with Gasteiger partial charge in [-0.2, -0.15) is 13.2 Å². The monoisotopic (exact) mass is 346 g/mol. The van der Waals surface area contributed by atoms with Crippen LogP contribution in [0.15, 0.2) is 12.3 Å². The molecule has 11 heteroatoms. The van der Waals surface area contributed by atoms with E-state index < -0.39 is 23.8 Å². The summed E-state index contributed by atoms with van der Waals surface area (Å²) in [5, 5.41) is 4.42. The summed E-state index contributed by atoms with van der Waals surface area (Å²) in [4.78, 5) is 33.5. The van der Waals surface area contributed by atoms with Crippen molar-refractivity contribution in [2.24, 2.45) is 0 Å².